The van der Waals surface area contributed by atoms with Gasteiger partial charge in [-0.05, 0) is 316 Å². The van der Waals surface area contributed by atoms with Crippen molar-refractivity contribution in [2.45, 2.75) is 327 Å². The van der Waals surface area contributed by atoms with Crippen LogP contribution in [0, 0.1) is 59.2 Å². The molecule has 14 fully saturated rings. The zero-order valence-electron chi connectivity index (χ0n) is 70.5. The number of nitrogens with zero attached hydrogens (tertiary/aromatic N) is 12. The molecule has 21 nitrogen and oxygen atoms in total. The second-order valence-electron chi connectivity index (χ2n) is 37.7. The van der Waals surface area contributed by atoms with Gasteiger partial charge >= 0.3 is 0 Å². The van der Waals surface area contributed by atoms with E-state index in [0.29, 0.717) is 17.9 Å². The topological polar surface area (TPSA) is 234 Å². The van der Waals surface area contributed by atoms with Crippen LogP contribution in [-0.4, -0.2) is 174 Å². The first-order valence-electron chi connectivity index (χ1n) is 46.7. The molecule has 4 aromatic rings. The minimum absolute atomic E-state index is 0.178. The van der Waals surface area contributed by atoms with Crippen molar-refractivity contribution < 1.29 is 0 Å². The van der Waals surface area contributed by atoms with E-state index in [1.54, 1.807) is 0 Å². The van der Waals surface area contributed by atoms with Gasteiger partial charge in [-0.2, -0.15) is 44.9 Å². The quantitative estimate of drug-likeness (QED) is 0.0148. The van der Waals surface area contributed by atoms with Crippen molar-refractivity contribution >= 4 is 53.5 Å². The van der Waals surface area contributed by atoms with Gasteiger partial charge < -0.3 is 62.6 Å². The molecule has 1 aromatic carbocycles. The van der Waals surface area contributed by atoms with Crippen LogP contribution in [0.15, 0.2) is 30.3 Å². The molecular weight excluding hydrogens is 1380 g/mol. The van der Waals surface area contributed by atoms with E-state index in [9.17, 15) is 0 Å². The van der Waals surface area contributed by atoms with E-state index >= 15 is 0 Å². The number of hydrogen-bond donors (Lipinski definition) is 9. The van der Waals surface area contributed by atoms with Crippen LogP contribution in [0.4, 0.5) is 53.5 Å². The van der Waals surface area contributed by atoms with Gasteiger partial charge in [-0.3, -0.25) is 0 Å². The molecule has 14 aliphatic rings. The maximum absolute atomic E-state index is 4.97. The lowest BCUT2D eigenvalue weighted by Crippen LogP contribution is -2.55. The summed E-state index contributed by atoms with van der Waals surface area (Å²) in [6.45, 7) is 28.5. The van der Waals surface area contributed by atoms with E-state index in [0.717, 1.165) is 192 Å². The molecule has 9 N–H and O–H groups in total. The fourth-order valence-electron chi connectivity index (χ4n) is 23.7. The Kier molecular flexibility index (Phi) is 31.7. The van der Waals surface area contributed by atoms with Gasteiger partial charge in [-0.25, -0.2) is 0 Å². The molecule has 0 spiro atoms. The Labute approximate surface area is 671 Å². The van der Waals surface area contributed by atoms with Gasteiger partial charge in [0.2, 0.25) is 53.5 Å². The van der Waals surface area contributed by atoms with E-state index in [1.807, 2.05) is 0 Å². The maximum atomic E-state index is 4.97. The van der Waals surface area contributed by atoms with E-state index in [2.05, 4.69) is 134 Å². The predicted octanol–water partition coefficient (Wildman–Crippen LogP) is 19.1. The lowest BCUT2D eigenvalue weighted by atomic mass is 9.53. The molecule has 0 unspecified atom stereocenters. The zero-order valence-corrected chi connectivity index (χ0v) is 70.5. The van der Waals surface area contributed by atoms with Crippen LogP contribution in [0.1, 0.15) is 304 Å². The molecule has 14 saturated carbocycles. The SMILES string of the molecule is CCCCN(CCCC)CCCNc1nc(NC2CCCCCC2)nc(NC23CC4CC(CC(C4)C2)C3)n1.CCCCN(CCCC)CCCNc1nc(NCC2CCCCC2)nc(NC23CC4CC(CC(C4)C2)C3)n1.CCN(CC)CCCNc1nc(NCCc2ccccc2)nc(NC23CC4CC(CC(C4)C2)C3)n1. The predicted molar refractivity (Wildman–Crippen MR) is 461 cm³/mol. The number of anilines is 9. The number of nitrogens with one attached hydrogen (secondary N) is 9. The van der Waals surface area contributed by atoms with Gasteiger partial charge in [0, 0.05) is 55.4 Å². The monoisotopic (exact) mass is 1530 g/mol. The van der Waals surface area contributed by atoms with Gasteiger partial charge in [0.1, 0.15) is 0 Å². The van der Waals surface area contributed by atoms with Crippen molar-refractivity contribution in [3.63, 3.8) is 0 Å². The van der Waals surface area contributed by atoms with E-state index < -0.39 is 0 Å². The van der Waals surface area contributed by atoms with Crippen molar-refractivity contribution in [3.8, 4) is 0 Å². The molecule has 0 saturated heterocycles. The van der Waals surface area contributed by atoms with Crippen LogP contribution in [0.5, 0.6) is 0 Å². The number of aromatic nitrogens is 9. The molecule has 0 aliphatic heterocycles. The van der Waals surface area contributed by atoms with Crippen LogP contribution in [0.25, 0.3) is 0 Å². The first-order chi connectivity index (χ1) is 54.4. The van der Waals surface area contributed by atoms with Gasteiger partial charge in [-0.1, -0.05) is 143 Å². The van der Waals surface area contributed by atoms with Gasteiger partial charge in [0.25, 0.3) is 0 Å². The summed E-state index contributed by atoms with van der Waals surface area (Å²) in [7, 11) is 0. The third kappa shape index (κ3) is 25.4. The molecule has 3 aromatic heterocycles. The summed E-state index contributed by atoms with van der Waals surface area (Å²) in [6.07, 6.45) is 53.6. The highest BCUT2D eigenvalue weighted by Crippen LogP contribution is 2.59. The fraction of sp³-hybridized carbons (Fsp3) is 0.833. The number of unbranched alkanes of at least 4 members (excludes halogenated alkanes) is 4. The van der Waals surface area contributed by atoms with Crippen LogP contribution in [-0.2, 0) is 6.42 Å². The number of rotatable bonds is 44. The van der Waals surface area contributed by atoms with E-state index in [4.69, 9.17) is 44.9 Å². The minimum atomic E-state index is 0.178. The Hall–Kier alpha value is -5.67. The summed E-state index contributed by atoms with van der Waals surface area (Å²) in [5, 5.41) is 33.1. The van der Waals surface area contributed by atoms with Crippen molar-refractivity contribution in [1.82, 2.24) is 59.6 Å². The molecule has 14 aliphatic carbocycles. The second kappa shape index (κ2) is 42.3. The maximum Gasteiger partial charge on any atom is 0.229 e. The highest BCUT2D eigenvalue weighted by molar-refractivity contribution is 5.47. The van der Waals surface area contributed by atoms with Gasteiger partial charge in [0.05, 0.1) is 0 Å². The number of hydrogen-bond acceptors (Lipinski definition) is 21. The normalized spacial score (nSPS) is 28.2. The Bertz CT molecular complexity index is 3210. The van der Waals surface area contributed by atoms with Crippen LogP contribution in [0.2, 0.25) is 0 Å². The summed E-state index contributed by atoms with van der Waals surface area (Å²) < 4.78 is 0. The molecule has 0 atom stereocenters. The van der Waals surface area contributed by atoms with Crippen molar-refractivity contribution in [2.75, 3.05) is 139 Å². The highest BCUT2D eigenvalue weighted by atomic mass is 15.3. The van der Waals surface area contributed by atoms with E-state index in [1.165, 1.54) is 269 Å². The third-order valence-electron chi connectivity index (χ3n) is 28.2. The van der Waals surface area contributed by atoms with E-state index in [-0.39, 0.29) is 16.6 Å². The molecule has 0 radical (unpaired) electrons. The Morgan fingerprint density at radius 2 is 0.613 bits per heavy atom. The third-order valence-corrected chi connectivity index (χ3v) is 28.2. The summed E-state index contributed by atoms with van der Waals surface area (Å²) in [6, 6.07) is 11.0. The zero-order chi connectivity index (χ0) is 76.5. The summed E-state index contributed by atoms with van der Waals surface area (Å²) in [4.78, 5) is 51.6. The molecule has 111 heavy (non-hydrogen) atoms. The lowest BCUT2D eigenvalue weighted by molar-refractivity contribution is 0.0102. The molecular formula is C90H153N21. The molecule has 18 rings (SSSR count). The highest BCUT2D eigenvalue weighted by Gasteiger charge is 2.54. The largest absolute Gasteiger partial charge is 0.354 e. The first-order valence-corrected chi connectivity index (χ1v) is 46.7. The first kappa shape index (κ1) is 83.3. The summed E-state index contributed by atoms with van der Waals surface area (Å²) in [5.41, 5.74) is 1.90. The van der Waals surface area contributed by atoms with Gasteiger partial charge in [0.15, 0.2) is 0 Å². The van der Waals surface area contributed by atoms with Crippen LogP contribution in [0.3, 0.4) is 0 Å². The lowest BCUT2D eigenvalue weighted by Gasteiger charge is -2.56. The fourth-order valence-corrected chi connectivity index (χ4v) is 23.7. The summed E-state index contributed by atoms with van der Waals surface area (Å²) in [5.74, 6) is 15.4. The molecule has 21 heteroatoms. The van der Waals surface area contributed by atoms with Gasteiger partial charge in [-0.15, -0.1) is 0 Å². The van der Waals surface area contributed by atoms with Crippen molar-refractivity contribution in [1.29, 1.82) is 0 Å². The summed E-state index contributed by atoms with van der Waals surface area (Å²) >= 11 is 0. The Morgan fingerprint density at radius 1 is 0.315 bits per heavy atom. The number of benzene rings is 1. The molecule has 618 valence electrons. The molecule has 12 bridgehead atoms. The molecule has 3 heterocycles. The standard InChI is InChI=1S/2C31H55N7.C28H43N7/c1-3-5-14-38(15-6-4-2)16-10-13-32-28-34-29(33-23-24-11-8-7-9-12-24)36-30(35-28)37-31-20-25-17-26(21-31)19-27(18-25)22-31;1-3-5-15-38(16-6-4-2)17-11-14-32-28-34-29(33-27-12-9-7-8-10-13-27)36-30(35-28)37-31-21-24-18-25(22-31)20-26(19-24)23-31;1-3-35(4-2)14-8-12-29-25-31-26(30-13-11-21-9-6-5-7-10-21)33-27(32-25)34-28-18-22-15-23(19-28)17-24(16-22)20-28/h2*24-27H,3-23H2,1-2H3,(H3,32,33,34,35,36,37);5-7,9-10,22-24H,3-4,8,11-20H2,1-2H3,(H3,29,30,31,32,33,34). The molecule has 0 amide bonds. The smallest absolute Gasteiger partial charge is 0.229 e. The second-order valence-corrected chi connectivity index (χ2v) is 37.7. The Balaban J connectivity index is 0.000000146. The van der Waals surface area contributed by atoms with Crippen LogP contribution >= 0.6 is 0 Å². The average Bonchev–Trinajstić information content (AvgIpc) is 0.828. The van der Waals surface area contributed by atoms with Crippen molar-refractivity contribution in [3.05, 3.63) is 35.9 Å². The average molecular weight is 1530 g/mol. The minimum Gasteiger partial charge on any atom is -0.354 e. The van der Waals surface area contributed by atoms with Crippen molar-refractivity contribution in [2.24, 2.45) is 59.2 Å². The Morgan fingerprint density at radius 3 is 0.973 bits per heavy atom. The van der Waals surface area contributed by atoms with Crippen LogP contribution < -0.4 is 47.9 Å².